The Hall–Kier alpha value is -1.34. The summed E-state index contributed by atoms with van der Waals surface area (Å²) in [5.74, 6) is 0.627. The van der Waals surface area contributed by atoms with Crippen LogP contribution in [0.1, 0.15) is 24.0 Å². The van der Waals surface area contributed by atoms with E-state index in [1.165, 1.54) is 6.07 Å². The van der Waals surface area contributed by atoms with Gasteiger partial charge in [0.25, 0.3) is 0 Å². The van der Waals surface area contributed by atoms with Gasteiger partial charge in [-0.25, -0.2) is 0 Å². The first kappa shape index (κ1) is 16.0. The Kier molecular flexibility index (Phi) is 5.05. The molecule has 1 saturated heterocycles. The third-order valence-corrected chi connectivity index (χ3v) is 3.61. The molecule has 0 radical (unpaired) electrons. The number of alkyl halides is 3. The van der Waals surface area contributed by atoms with E-state index in [-0.39, 0.29) is 10.6 Å². The lowest BCUT2D eigenvalue weighted by Gasteiger charge is -2.23. The predicted octanol–water partition coefficient (Wildman–Crippen LogP) is 3.15. The quantitative estimate of drug-likeness (QED) is 0.866. The molecule has 0 aliphatic carbocycles. The van der Waals surface area contributed by atoms with Gasteiger partial charge in [0.05, 0.1) is 17.7 Å². The highest BCUT2D eigenvalue weighted by atomic mass is 32.1. The van der Waals surface area contributed by atoms with E-state index in [4.69, 9.17) is 27.4 Å². The molecule has 2 N–H and O–H groups in total. The van der Waals surface area contributed by atoms with E-state index in [1.807, 2.05) is 0 Å². The largest absolute Gasteiger partial charge is 0.493 e. The highest BCUT2D eigenvalue weighted by Crippen LogP contribution is 2.33. The molecule has 0 unspecified atom stereocenters. The summed E-state index contributed by atoms with van der Waals surface area (Å²) in [6, 6.07) is 3.18. The third-order valence-electron chi connectivity index (χ3n) is 3.39. The molecule has 1 aliphatic rings. The highest BCUT2D eigenvalue weighted by molar-refractivity contribution is 7.80. The van der Waals surface area contributed by atoms with Crippen LogP contribution in [0.3, 0.4) is 0 Å². The SMILES string of the molecule is NC(=S)c1cc(C(F)(F)F)ccc1OCC1CCOCC1. The summed E-state index contributed by atoms with van der Waals surface area (Å²) in [7, 11) is 0. The first-order valence-corrected chi connectivity index (χ1v) is 7.00. The van der Waals surface area contributed by atoms with Crippen molar-refractivity contribution in [2.75, 3.05) is 19.8 Å². The van der Waals surface area contributed by atoms with E-state index in [9.17, 15) is 13.2 Å². The summed E-state index contributed by atoms with van der Waals surface area (Å²) in [5.41, 5.74) is 4.83. The van der Waals surface area contributed by atoms with E-state index in [1.54, 1.807) is 0 Å². The smallest absolute Gasteiger partial charge is 0.416 e. The first-order valence-electron chi connectivity index (χ1n) is 6.59. The van der Waals surface area contributed by atoms with Crippen molar-refractivity contribution in [1.82, 2.24) is 0 Å². The topological polar surface area (TPSA) is 44.5 Å². The number of hydrogen-bond acceptors (Lipinski definition) is 3. The summed E-state index contributed by atoms with van der Waals surface area (Å²) in [4.78, 5) is -0.108. The van der Waals surface area contributed by atoms with E-state index < -0.39 is 11.7 Å². The molecule has 0 amide bonds. The van der Waals surface area contributed by atoms with Crippen LogP contribution in [0, 0.1) is 5.92 Å². The lowest BCUT2D eigenvalue weighted by atomic mass is 10.0. The normalized spacial score (nSPS) is 16.7. The fraction of sp³-hybridized carbons (Fsp3) is 0.500. The molecule has 0 spiro atoms. The van der Waals surface area contributed by atoms with Gasteiger partial charge in [-0.1, -0.05) is 12.2 Å². The minimum Gasteiger partial charge on any atom is -0.493 e. The fourth-order valence-corrected chi connectivity index (χ4v) is 2.30. The van der Waals surface area contributed by atoms with Crippen molar-refractivity contribution in [3.05, 3.63) is 29.3 Å². The molecule has 7 heteroatoms. The number of hydrogen-bond donors (Lipinski definition) is 1. The average Bonchev–Trinajstić information content (AvgIpc) is 2.45. The van der Waals surface area contributed by atoms with Crippen LogP contribution in [0.25, 0.3) is 0 Å². The molecular weight excluding hydrogens is 303 g/mol. The van der Waals surface area contributed by atoms with E-state index in [0.717, 1.165) is 25.0 Å². The van der Waals surface area contributed by atoms with Gasteiger partial charge in [0, 0.05) is 13.2 Å². The summed E-state index contributed by atoms with van der Waals surface area (Å²) in [6.45, 7) is 1.79. The van der Waals surface area contributed by atoms with Gasteiger partial charge >= 0.3 is 6.18 Å². The fourth-order valence-electron chi connectivity index (χ4n) is 2.15. The summed E-state index contributed by atoms with van der Waals surface area (Å²) in [5, 5.41) is 0. The molecule has 116 valence electrons. The Bertz CT molecular complexity index is 513. The van der Waals surface area contributed by atoms with Gasteiger partial charge in [-0.3, -0.25) is 0 Å². The van der Waals surface area contributed by atoms with Crippen LogP contribution in [-0.2, 0) is 10.9 Å². The molecule has 2 rings (SSSR count). The van der Waals surface area contributed by atoms with Crippen LogP contribution in [0.4, 0.5) is 13.2 Å². The van der Waals surface area contributed by atoms with Gasteiger partial charge in [0.15, 0.2) is 0 Å². The molecule has 0 bridgehead atoms. The zero-order chi connectivity index (χ0) is 15.5. The van der Waals surface area contributed by atoms with Gasteiger partial charge < -0.3 is 15.2 Å². The third kappa shape index (κ3) is 4.31. The van der Waals surface area contributed by atoms with Gasteiger partial charge in [-0.2, -0.15) is 13.2 Å². The lowest BCUT2D eigenvalue weighted by Crippen LogP contribution is -2.22. The molecule has 1 heterocycles. The molecular formula is C14H16F3NO2S. The number of thiocarbonyl (C=S) groups is 1. The van der Waals surface area contributed by atoms with Gasteiger partial charge in [-0.05, 0) is 37.0 Å². The predicted molar refractivity (Wildman–Crippen MR) is 76.4 cm³/mol. The standard InChI is InChI=1S/C14H16F3NO2S/c15-14(16,17)10-1-2-12(11(7-10)13(18)21)20-8-9-3-5-19-6-4-9/h1-2,7,9H,3-6,8H2,(H2,18,21). The van der Waals surface area contributed by atoms with Crippen molar-refractivity contribution < 1.29 is 22.6 Å². The van der Waals surface area contributed by atoms with Crippen molar-refractivity contribution in [2.24, 2.45) is 11.7 Å². The lowest BCUT2D eigenvalue weighted by molar-refractivity contribution is -0.137. The van der Waals surface area contributed by atoms with Crippen LogP contribution in [0.5, 0.6) is 5.75 Å². The number of benzene rings is 1. The number of rotatable bonds is 4. The second-order valence-electron chi connectivity index (χ2n) is 4.94. The van der Waals surface area contributed by atoms with Gasteiger partial charge in [0.2, 0.25) is 0 Å². The Labute approximate surface area is 126 Å². The Morgan fingerprint density at radius 2 is 2.00 bits per heavy atom. The number of nitrogens with two attached hydrogens (primary N) is 1. The van der Waals surface area contributed by atoms with Crippen LogP contribution in [0.2, 0.25) is 0 Å². The second kappa shape index (κ2) is 6.62. The van der Waals surface area contributed by atoms with E-state index in [0.29, 0.717) is 31.5 Å². The molecule has 0 atom stereocenters. The molecule has 0 saturated carbocycles. The van der Waals surface area contributed by atoms with Gasteiger partial charge in [0.1, 0.15) is 10.7 Å². The van der Waals surface area contributed by atoms with Crippen LogP contribution >= 0.6 is 12.2 Å². The van der Waals surface area contributed by atoms with Crippen LogP contribution < -0.4 is 10.5 Å². The minimum atomic E-state index is -4.43. The number of ether oxygens (including phenoxy) is 2. The van der Waals surface area contributed by atoms with Crippen molar-refractivity contribution in [2.45, 2.75) is 19.0 Å². The molecule has 3 nitrogen and oxygen atoms in total. The van der Waals surface area contributed by atoms with Crippen molar-refractivity contribution in [1.29, 1.82) is 0 Å². The molecule has 1 fully saturated rings. The maximum atomic E-state index is 12.7. The molecule has 21 heavy (non-hydrogen) atoms. The summed E-state index contributed by atoms with van der Waals surface area (Å²) in [6.07, 6.45) is -2.68. The van der Waals surface area contributed by atoms with Crippen LogP contribution in [-0.4, -0.2) is 24.8 Å². The summed E-state index contributed by atoms with van der Waals surface area (Å²) >= 11 is 4.81. The Morgan fingerprint density at radius 1 is 1.33 bits per heavy atom. The van der Waals surface area contributed by atoms with E-state index >= 15 is 0 Å². The Balaban J connectivity index is 2.12. The highest BCUT2D eigenvalue weighted by Gasteiger charge is 2.31. The van der Waals surface area contributed by atoms with E-state index in [2.05, 4.69) is 0 Å². The molecule has 1 aromatic rings. The van der Waals surface area contributed by atoms with Crippen molar-refractivity contribution in [3.8, 4) is 5.75 Å². The van der Waals surface area contributed by atoms with Crippen molar-refractivity contribution >= 4 is 17.2 Å². The minimum absolute atomic E-state index is 0.108. The Morgan fingerprint density at radius 3 is 2.57 bits per heavy atom. The molecule has 0 aromatic heterocycles. The van der Waals surface area contributed by atoms with Gasteiger partial charge in [-0.15, -0.1) is 0 Å². The number of halogens is 3. The van der Waals surface area contributed by atoms with Crippen molar-refractivity contribution in [3.63, 3.8) is 0 Å². The monoisotopic (exact) mass is 319 g/mol. The molecule has 1 aliphatic heterocycles. The zero-order valence-corrected chi connectivity index (χ0v) is 12.1. The second-order valence-corrected chi connectivity index (χ2v) is 5.38. The molecule has 1 aromatic carbocycles. The van der Waals surface area contributed by atoms with Crippen LogP contribution in [0.15, 0.2) is 18.2 Å². The zero-order valence-electron chi connectivity index (χ0n) is 11.3. The summed E-state index contributed by atoms with van der Waals surface area (Å²) < 4.78 is 49.0. The maximum Gasteiger partial charge on any atom is 0.416 e. The first-order chi connectivity index (χ1) is 9.88. The average molecular weight is 319 g/mol. The maximum absolute atomic E-state index is 12.7.